The van der Waals surface area contributed by atoms with Gasteiger partial charge < -0.3 is 19.8 Å². The van der Waals surface area contributed by atoms with Crippen molar-refractivity contribution in [1.82, 2.24) is 4.57 Å². The zero-order valence-corrected chi connectivity index (χ0v) is 15.4. The molecule has 2 atom stereocenters. The minimum absolute atomic E-state index is 0.0253. The van der Waals surface area contributed by atoms with Crippen LogP contribution >= 0.6 is 0 Å². The van der Waals surface area contributed by atoms with E-state index in [1.807, 2.05) is 13.0 Å². The number of fused-ring (bicyclic) bond motifs is 1. The number of hydrogen-bond acceptors (Lipinski definition) is 5. The number of aryl methyl sites for hydroxylation is 1. The fourth-order valence-corrected chi connectivity index (χ4v) is 3.92. The largest absolute Gasteiger partial charge is 0.440 e. The predicted octanol–water partition coefficient (Wildman–Crippen LogP) is 2.69. The van der Waals surface area contributed by atoms with Gasteiger partial charge in [-0.2, -0.15) is 5.26 Å². The van der Waals surface area contributed by atoms with E-state index in [2.05, 4.69) is 0 Å². The van der Waals surface area contributed by atoms with E-state index in [-0.39, 0.29) is 23.1 Å². The van der Waals surface area contributed by atoms with Crippen molar-refractivity contribution in [3.8, 4) is 11.8 Å². The third-order valence-corrected chi connectivity index (χ3v) is 5.28. The molecule has 28 heavy (non-hydrogen) atoms. The lowest BCUT2D eigenvalue weighted by Crippen LogP contribution is -2.35. The van der Waals surface area contributed by atoms with E-state index in [1.165, 1.54) is 12.1 Å². The Balaban J connectivity index is 1.90. The maximum absolute atomic E-state index is 13.9. The lowest BCUT2D eigenvalue weighted by molar-refractivity contribution is 0.0955. The van der Waals surface area contributed by atoms with Gasteiger partial charge in [-0.1, -0.05) is 12.1 Å². The first-order valence-electron chi connectivity index (χ1n) is 9.18. The number of allylic oxidation sites excluding steroid dienone is 1. The van der Waals surface area contributed by atoms with E-state index >= 15 is 0 Å². The van der Waals surface area contributed by atoms with Crippen molar-refractivity contribution >= 4 is 0 Å². The number of aromatic nitrogens is 1. The molecular formula is C21H20FN3O3. The minimum Gasteiger partial charge on any atom is -0.440 e. The highest BCUT2D eigenvalue weighted by atomic mass is 19.1. The van der Waals surface area contributed by atoms with Crippen LogP contribution in [-0.4, -0.2) is 17.3 Å². The summed E-state index contributed by atoms with van der Waals surface area (Å²) in [5, 5.41) is 9.64. The van der Waals surface area contributed by atoms with E-state index in [0.29, 0.717) is 35.7 Å². The number of ether oxygens (including phenoxy) is 2. The molecule has 0 spiro atoms. The predicted molar refractivity (Wildman–Crippen MR) is 100 cm³/mol. The van der Waals surface area contributed by atoms with Gasteiger partial charge in [-0.25, -0.2) is 4.39 Å². The fraction of sp³-hybridized carbons (Fsp3) is 0.333. The molecular weight excluding hydrogens is 361 g/mol. The van der Waals surface area contributed by atoms with Gasteiger partial charge in [0.2, 0.25) is 5.88 Å². The average Bonchev–Trinajstić information content (AvgIpc) is 3.17. The minimum atomic E-state index is -0.784. The van der Waals surface area contributed by atoms with Gasteiger partial charge in [0.25, 0.3) is 5.56 Å². The fourth-order valence-electron chi connectivity index (χ4n) is 3.92. The van der Waals surface area contributed by atoms with Gasteiger partial charge in [0.05, 0.1) is 24.1 Å². The van der Waals surface area contributed by atoms with Gasteiger partial charge in [0.1, 0.15) is 23.2 Å². The summed E-state index contributed by atoms with van der Waals surface area (Å²) in [6.07, 6.45) is 1.84. The summed E-state index contributed by atoms with van der Waals surface area (Å²) in [5.41, 5.74) is 7.26. The molecule has 0 amide bonds. The molecule has 7 heteroatoms. The molecule has 4 rings (SSSR count). The maximum atomic E-state index is 13.9. The second-order valence-corrected chi connectivity index (χ2v) is 7.09. The Bertz CT molecular complexity index is 1060. The van der Waals surface area contributed by atoms with Crippen molar-refractivity contribution in [2.24, 2.45) is 5.73 Å². The number of nitrogens with zero attached hydrogens (tertiary/aromatic N) is 2. The number of rotatable bonds is 3. The van der Waals surface area contributed by atoms with Crippen LogP contribution in [0.5, 0.6) is 5.75 Å². The Labute approximate surface area is 161 Å². The Hall–Kier alpha value is -3.11. The Kier molecular flexibility index (Phi) is 4.65. The van der Waals surface area contributed by atoms with Crippen LogP contribution < -0.4 is 16.0 Å². The maximum Gasteiger partial charge on any atom is 0.258 e. The number of halogens is 1. The second-order valence-electron chi connectivity index (χ2n) is 7.09. The molecule has 1 aromatic carbocycles. The lowest BCUT2D eigenvalue weighted by atomic mass is 9.84. The molecule has 6 nitrogen and oxygen atoms in total. The van der Waals surface area contributed by atoms with Gasteiger partial charge >= 0.3 is 0 Å². The van der Waals surface area contributed by atoms with E-state index in [9.17, 15) is 14.4 Å². The number of hydrogen-bond donors (Lipinski definition) is 1. The topological polar surface area (TPSA) is 90.3 Å². The van der Waals surface area contributed by atoms with Crippen molar-refractivity contribution < 1.29 is 13.9 Å². The van der Waals surface area contributed by atoms with Crippen LogP contribution in [-0.2, 0) is 11.3 Å². The molecule has 0 radical (unpaired) electrons. The molecule has 1 fully saturated rings. The average molecular weight is 381 g/mol. The molecule has 1 saturated heterocycles. The molecule has 1 aromatic heterocycles. The lowest BCUT2D eigenvalue weighted by Gasteiger charge is -2.27. The number of pyridine rings is 1. The summed E-state index contributed by atoms with van der Waals surface area (Å²) in [6, 6.07) is 9.62. The summed E-state index contributed by atoms with van der Waals surface area (Å²) in [4.78, 5) is 13.4. The zero-order valence-electron chi connectivity index (χ0n) is 15.4. The summed E-state index contributed by atoms with van der Waals surface area (Å²) >= 11 is 0. The molecule has 2 N–H and O–H groups in total. The number of nitriles is 1. The van der Waals surface area contributed by atoms with E-state index < -0.39 is 11.7 Å². The molecule has 2 aromatic rings. The van der Waals surface area contributed by atoms with E-state index in [1.54, 1.807) is 22.8 Å². The quantitative estimate of drug-likeness (QED) is 0.883. The SMILES string of the molecule is Cc1cc2c(c(=O)n1C[C@@H]1CCCO1)[C@H](c1cccc(F)c1)C(C#N)=C(N)O2. The van der Waals surface area contributed by atoms with Gasteiger partial charge in [-0.15, -0.1) is 0 Å². The van der Waals surface area contributed by atoms with E-state index in [0.717, 1.165) is 12.8 Å². The first-order chi connectivity index (χ1) is 13.5. The second kappa shape index (κ2) is 7.13. The summed E-state index contributed by atoms with van der Waals surface area (Å²) in [7, 11) is 0. The summed E-state index contributed by atoms with van der Waals surface area (Å²) < 4.78 is 26.8. The monoisotopic (exact) mass is 381 g/mol. The summed E-state index contributed by atoms with van der Waals surface area (Å²) in [6.45, 7) is 2.93. The Morgan fingerprint density at radius 3 is 2.89 bits per heavy atom. The van der Waals surface area contributed by atoms with E-state index in [4.69, 9.17) is 15.2 Å². The van der Waals surface area contributed by atoms with Crippen molar-refractivity contribution in [3.05, 3.63) is 74.8 Å². The van der Waals surface area contributed by atoms with Crippen molar-refractivity contribution in [2.75, 3.05) is 6.61 Å². The van der Waals surface area contributed by atoms with Crippen molar-refractivity contribution in [1.29, 1.82) is 5.26 Å². The van der Waals surface area contributed by atoms with Gasteiger partial charge in [0, 0.05) is 18.4 Å². The van der Waals surface area contributed by atoms with Crippen molar-refractivity contribution in [3.63, 3.8) is 0 Å². The number of nitrogens with two attached hydrogens (primary N) is 1. The molecule has 0 bridgehead atoms. The van der Waals surface area contributed by atoms with Crippen LogP contribution in [0.25, 0.3) is 0 Å². The first-order valence-corrected chi connectivity index (χ1v) is 9.18. The molecule has 2 aliphatic rings. The molecule has 2 aliphatic heterocycles. The standard InChI is InChI=1S/C21H20FN3O3/c1-12-8-17-19(21(26)25(12)11-15-6-3-7-27-15)18(16(10-23)20(24)28-17)13-4-2-5-14(22)9-13/h2,4-5,8-9,15,18H,3,6-7,11,24H2,1H3/t15-,18+/m0/s1. The van der Waals surface area contributed by atoms with Crippen LogP contribution in [0.2, 0.25) is 0 Å². The zero-order chi connectivity index (χ0) is 19.8. The highest BCUT2D eigenvalue weighted by Gasteiger charge is 2.35. The van der Waals surface area contributed by atoms with Gasteiger partial charge in [0.15, 0.2) is 0 Å². The molecule has 144 valence electrons. The third kappa shape index (κ3) is 3.06. The molecule has 0 unspecified atom stereocenters. The van der Waals surface area contributed by atoms with Gasteiger partial charge in [-0.3, -0.25) is 4.79 Å². The normalized spacial score (nSPS) is 21.2. The van der Waals surface area contributed by atoms with Crippen LogP contribution in [0, 0.1) is 24.1 Å². The number of benzene rings is 1. The van der Waals surface area contributed by atoms with Crippen LogP contribution in [0.4, 0.5) is 4.39 Å². The molecule has 3 heterocycles. The smallest absolute Gasteiger partial charge is 0.258 e. The highest BCUT2D eigenvalue weighted by Crippen LogP contribution is 2.40. The first kappa shape index (κ1) is 18.3. The highest BCUT2D eigenvalue weighted by molar-refractivity contribution is 5.55. The van der Waals surface area contributed by atoms with Crippen molar-refractivity contribution in [2.45, 2.75) is 38.3 Å². The third-order valence-electron chi connectivity index (χ3n) is 5.28. The Morgan fingerprint density at radius 1 is 1.39 bits per heavy atom. The molecule has 0 aliphatic carbocycles. The Morgan fingerprint density at radius 2 is 2.21 bits per heavy atom. The van der Waals surface area contributed by atoms with Crippen LogP contribution in [0.15, 0.2) is 46.6 Å². The summed E-state index contributed by atoms with van der Waals surface area (Å²) in [5.74, 6) is -1.00. The van der Waals surface area contributed by atoms with Crippen LogP contribution in [0.1, 0.15) is 35.6 Å². The van der Waals surface area contributed by atoms with Crippen LogP contribution in [0.3, 0.4) is 0 Å². The van der Waals surface area contributed by atoms with Gasteiger partial charge in [-0.05, 0) is 37.5 Å². The molecule has 0 saturated carbocycles.